The molecule has 2 aliphatic rings. The molecule has 1 amide bonds. The Morgan fingerprint density at radius 3 is 2.70 bits per heavy atom. The van der Waals surface area contributed by atoms with Gasteiger partial charge in [0.25, 0.3) is 5.91 Å². The monoisotopic (exact) mass is 473 g/mol. The molecule has 0 radical (unpaired) electrons. The number of rotatable bonds is 4. The lowest BCUT2D eigenvalue weighted by molar-refractivity contribution is 0.102. The zero-order valence-electron chi connectivity index (χ0n) is 19.3. The molecule has 4 rings (SSSR count). The minimum atomic E-state index is -2.79. The van der Waals surface area contributed by atoms with Crippen LogP contribution in [0.4, 0.5) is 10.1 Å². The first-order valence-corrected chi connectivity index (χ1v) is 12.2. The Bertz CT molecular complexity index is 1300. The van der Waals surface area contributed by atoms with E-state index in [4.69, 9.17) is 10.5 Å². The molecule has 3 N–H and O–H groups in total. The van der Waals surface area contributed by atoms with Crippen LogP contribution in [0.1, 0.15) is 48.8 Å². The van der Waals surface area contributed by atoms with Crippen LogP contribution in [0.25, 0.3) is 0 Å². The number of aryl methyl sites for hydroxylation is 1. The van der Waals surface area contributed by atoms with Gasteiger partial charge in [-0.05, 0) is 63.9 Å². The molecule has 0 aliphatic carbocycles. The van der Waals surface area contributed by atoms with Crippen LogP contribution >= 0.6 is 0 Å². The van der Waals surface area contributed by atoms with Crippen LogP contribution in [0.15, 0.2) is 39.8 Å². The van der Waals surface area contributed by atoms with Crippen molar-refractivity contribution in [3.05, 3.63) is 53.1 Å². The summed E-state index contributed by atoms with van der Waals surface area (Å²) in [5.41, 5.74) is 6.52. The van der Waals surface area contributed by atoms with Crippen molar-refractivity contribution in [2.45, 2.75) is 49.7 Å². The van der Waals surface area contributed by atoms with Crippen LogP contribution in [0.2, 0.25) is 0 Å². The number of halogens is 1. The van der Waals surface area contributed by atoms with Crippen LogP contribution in [-0.2, 0) is 15.3 Å². The summed E-state index contributed by atoms with van der Waals surface area (Å²) in [6, 6.07) is 5.97. The van der Waals surface area contributed by atoms with Gasteiger partial charge in [-0.25, -0.2) is 17.9 Å². The molecule has 0 fully saturated rings. The first kappa shape index (κ1) is 23.2. The van der Waals surface area contributed by atoms with Gasteiger partial charge < -0.3 is 15.8 Å². The highest BCUT2D eigenvalue weighted by Gasteiger charge is 2.56. The first-order chi connectivity index (χ1) is 15.4. The highest BCUT2D eigenvalue weighted by Crippen LogP contribution is 2.48. The highest BCUT2D eigenvalue weighted by atomic mass is 32.2. The fourth-order valence-corrected chi connectivity index (χ4v) is 7.75. The molecule has 0 spiro atoms. The lowest BCUT2D eigenvalue weighted by Crippen LogP contribution is -2.58. The normalized spacial score (nSPS) is 27.8. The fourth-order valence-electron chi connectivity index (χ4n) is 4.58. The molecule has 2 aromatic rings. The number of carbonyl (C=O) groups is 1. The second kappa shape index (κ2) is 7.79. The van der Waals surface area contributed by atoms with Gasteiger partial charge in [0.05, 0.1) is 28.3 Å². The average Bonchev–Trinajstić information content (AvgIpc) is 3.18. The Hall–Kier alpha value is -3.01. The van der Waals surface area contributed by atoms with Crippen molar-refractivity contribution in [1.29, 1.82) is 0 Å². The first-order valence-electron chi connectivity index (χ1n) is 10.6. The number of ether oxygens (including phenoxy) is 1. The number of amides is 1. The number of pyridine rings is 1. The van der Waals surface area contributed by atoms with Gasteiger partial charge in [-0.15, -0.1) is 0 Å². The number of aliphatic imine (C=N–C) groups is 1. The number of fused-ring (bicyclic) bond motifs is 1. The number of hydrogen-bond donors (Lipinski definition) is 2. The third-order valence-electron chi connectivity index (χ3n) is 6.66. The largest absolute Gasteiger partial charge is 0.495 e. The summed E-state index contributed by atoms with van der Waals surface area (Å²) in [6.45, 7) is 7.44. The van der Waals surface area contributed by atoms with Crippen LogP contribution in [0, 0.1) is 12.7 Å². The van der Waals surface area contributed by atoms with Crippen molar-refractivity contribution < 1.29 is 18.1 Å². The number of nitrogens with zero attached hydrogens (tertiary/aromatic N) is 3. The maximum Gasteiger partial charge on any atom is 0.274 e. The Balaban J connectivity index is 1.74. The summed E-state index contributed by atoms with van der Waals surface area (Å²) in [5, 5.41) is 2.27. The molecule has 3 atom stereocenters. The number of nitrogens with two attached hydrogens (primary N) is 1. The zero-order valence-corrected chi connectivity index (χ0v) is 20.1. The summed E-state index contributed by atoms with van der Waals surface area (Å²) >= 11 is 0. The predicted molar refractivity (Wildman–Crippen MR) is 127 cm³/mol. The SMILES string of the molecule is COc1cnc(C(=O)Nc2ccc(F)c([C@@]3(C)N=C(N)C(C)(C)[S@@]4(=O)=NCC[C@@H]34)c2)c(C)c1. The topological polar surface area (TPSA) is 119 Å². The summed E-state index contributed by atoms with van der Waals surface area (Å²) in [6.07, 6.45) is 1.97. The van der Waals surface area contributed by atoms with E-state index in [9.17, 15) is 9.00 Å². The van der Waals surface area contributed by atoms with E-state index in [1.807, 2.05) is 0 Å². The van der Waals surface area contributed by atoms with E-state index < -0.39 is 37.0 Å². The predicted octanol–water partition coefficient (Wildman–Crippen LogP) is 3.39. The summed E-state index contributed by atoms with van der Waals surface area (Å²) < 4.78 is 37.7. The van der Waals surface area contributed by atoms with Gasteiger partial charge in [0.1, 0.15) is 33.4 Å². The second-order valence-corrected chi connectivity index (χ2v) is 12.0. The lowest BCUT2D eigenvalue weighted by Gasteiger charge is -2.44. The highest BCUT2D eigenvalue weighted by molar-refractivity contribution is 7.96. The van der Waals surface area contributed by atoms with Gasteiger partial charge in [0.15, 0.2) is 0 Å². The molecular formula is C23H28FN5O3S. The van der Waals surface area contributed by atoms with Crippen molar-refractivity contribution >= 4 is 27.2 Å². The number of aromatic nitrogens is 1. The summed E-state index contributed by atoms with van der Waals surface area (Å²) in [5.74, 6) is -0.226. The molecule has 8 nitrogen and oxygen atoms in total. The van der Waals surface area contributed by atoms with Crippen molar-refractivity contribution in [3.8, 4) is 5.75 Å². The number of hydrogen-bond acceptors (Lipinski definition) is 7. The molecule has 3 heterocycles. The molecule has 0 saturated heterocycles. The smallest absolute Gasteiger partial charge is 0.274 e. The van der Waals surface area contributed by atoms with Crippen molar-refractivity contribution in [1.82, 2.24) is 4.98 Å². The van der Waals surface area contributed by atoms with Crippen LogP contribution in [0.3, 0.4) is 0 Å². The molecule has 176 valence electrons. The Labute approximate surface area is 193 Å². The van der Waals surface area contributed by atoms with E-state index in [0.29, 0.717) is 30.0 Å². The second-order valence-electron chi connectivity index (χ2n) is 9.04. The average molecular weight is 474 g/mol. The summed E-state index contributed by atoms with van der Waals surface area (Å²) in [7, 11) is -1.27. The van der Waals surface area contributed by atoms with Gasteiger partial charge in [-0.2, -0.15) is 0 Å². The van der Waals surface area contributed by atoms with Crippen molar-refractivity contribution in [3.63, 3.8) is 0 Å². The van der Waals surface area contributed by atoms with Gasteiger partial charge in [-0.1, -0.05) is 0 Å². The lowest BCUT2D eigenvalue weighted by atomic mass is 9.85. The van der Waals surface area contributed by atoms with E-state index in [1.54, 1.807) is 33.8 Å². The van der Waals surface area contributed by atoms with Crippen molar-refractivity contribution in [2.75, 3.05) is 19.0 Å². The number of nitrogens with one attached hydrogen (secondary N) is 1. The maximum atomic E-state index is 15.1. The molecule has 10 heteroatoms. The Morgan fingerprint density at radius 2 is 2.03 bits per heavy atom. The maximum absolute atomic E-state index is 15.1. The van der Waals surface area contributed by atoms with Crippen LogP contribution in [-0.4, -0.2) is 44.6 Å². The van der Waals surface area contributed by atoms with Crippen LogP contribution < -0.4 is 15.8 Å². The number of carbonyl (C=O) groups excluding carboxylic acids is 1. The Morgan fingerprint density at radius 1 is 1.30 bits per heavy atom. The zero-order chi connectivity index (χ0) is 24.2. The number of amidine groups is 1. The number of anilines is 1. The quantitative estimate of drug-likeness (QED) is 0.705. The molecule has 0 saturated carbocycles. The van der Waals surface area contributed by atoms with Gasteiger partial charge in [0, 0.05) is 17.8 Å². The van der Waals surface area contributed by atoms with E-state index in [1.165, 1.54) is 31.5 Å². The Kier molecular flexibility index (Phi) is 5.47. The molecule has 0 unspecified atom stereocenters. The van der Waals surface area contributed by atoms with Crippen LogP contribution in [0.5, 0.6) is 5.75 Å². The molecule has 1 aromatic carbocycles. The van der Waals surface area contributed by atoms with E-state index in [-0.39, 0.29) is 17.1 Å². The van der Waals surface area contributed by atoms with Gasteiger partial charge in [-0.3, -0.25) is 9.79 Å². The van der Waals surface area contributed by atoms with E-state index in [0.717, 1.165) is 0 Å². The molecule has 33 heavy (non-hydrogen) atoms. The molecule has 2 aliphatic heterocycles. The molecule has 1 aromatic heterocycles. The third kappa shape index (κ3) is 3.47. The molecular weight excluding hydrogens is 445 g/mol. The van der Waals surface area contributed by atoms with Gasteiger partial charge in [0.2, 0.25) is 0 Å². The minimum absolute atomic E-state index is 0.184. The third-order valence-corrected chi connectivity index (χ3v) is 10.4. The minimum Gasteiger partial charge on any atom is -0.495 e. The number of methoxy groups -OCH3 is 1. The van der Waals surface area contributed by atoms with E-state index in [2.05, 4.69) is 19.7 Å². The fraction of sp³-hybridized carbons (Fsp3) is 0.435. The molecule has 0 bridgehead atoms. The van der Waals surface area contributed by atoms with E-state index >= 15 is 4.39 Å². The standard InChI is InChI=1S/C23H28FN5O3S/c1-13-10-15(32-5)12-26-19(13)20(30)28-14-6-7-17(24)16(11-14)23(4)18-8-9-27-33(18,31)22(2,3)21(25)29-23/h6-7,10-12,18H,8-9H2,1-5H3,(H2,25,29)(H,28,30)/t18-,23+,33+/m0/s1. The summed E-state index contributed by atoms with van der Waals surface area (Å²) in [4.78, 5) is 21.7. The van der Waals surface area contributed by atoms with Crippen molar-refractivity contribution in [2.24, 2.45) is 15.1 Å². The number of benzene rings is 1. The van der Waals surface area contributed by atoms with Gasteiger partial charge >= 0.3 is 0 Å².